The van der Waals surface area contributed by atoms with Gasteiger partial charge in [-0.25, -0.2) is 0 Å². The predicted octanol–water partition coefficient (Wildman–Crippen LogP) is 6.37. The highest BCUT2D eigenvalue weighted by atomic mass is 16.2. The normalized spacial score (nSPS) is 10.7. The molecule has 5 rings (SSSR count). The van der Waals surface area contributed by atoms with Gasteiger partial charge in [0, 0.05) is 41.6 Å². The first-order valence-corrected chi connectivity index (χ1v) is 13.3. The first kappa shape index (κ1) is 26.4. The fourth-order valence-corrected chi connectivity index (χ4v) is 4.51. The summed E-state index contributed by atoms with van der Waals surface area (Å²) in [6.45, 7) is 1.50. The quantitative estimate of drug-likeness (QED) is 0.149. The van der Waals surface area contributed by atoms with Crippen LogP contribution in [-0.2, 0) is 0 Å². The number of hydrogen-bond donors (Lipinski definition) is 4. The van der Waals surface area contributed by atoms with Gasteiger partial charge in [-0.3, -0.25) is 14.6 Å². The maximum Gasteiger partial charge on any atom is 0.252 e. The highest BCUT2D eigenvalue weighted by molar-refractivity contribution is 6.07. The lowest BCUT2D eigenvalue weighted by Crippen LogP contribution is -2.24. The number of primary amides is 1. The molecular formula is C33H31N5O2. The van der Waals surface area contributed by atoms with Crippen molar-refractivity contribution in [3.8, 4) is 11.1 Å². The van der Waals surface area contributed by atoms with E-state index in [9.17, 15) is 9.59 Å². The topological polar surface area (TPSA) is 109 Å². The number of carbonyl (C=O) groups excluding carboxylic acids is 2. The number of benzene rings is 4. The molecule has 7 nitrogen and oxygen atoms in total. The van der Waals surface area contributed by atoms with Crippen LogP contribution in [0.1, 0.15) is 33.6 Å². The molecule has 0 unspecified atom stereocenters. The van der Waals surface area contributed by atoms with Gasteiger partial charge in [-0.15, -0.1) is 0 Å². The third-order valence-corrected chi connectivity index (χ3v) is 6.67. The molecule has 4 aromatic carbocycles. The average Bonchev–Trinajstić information content (AvgIpc) is 3.00. The molecule has 0 saturated carbocycles. The zero-order chi connectivity index (χ0) is 27.7. The minimum atomic E-state index is -0.540. The highest BCUT2D eigenvalue weighted by Gasteiger charge is 2.13. The fourth-order valence-electron chi connectivity index (χ4n) is 4.51. The number of anilines is 3. The fraction of sp³-hybridized carbons (Fsp3) is 0.121. The summed E-state index contributed by atoms with van der Waals surface area (Å²) in [5.74, 6) is -0.612. The van der Waals surface area contributed by atoms with Crippen molar-refractivity contribution in [3.63, 3.8) is 0 Å². The van der Waals surface area contributed by atoms with Gasteiger partial charge in [0.25, 0.3) is 11.8 Å². The summed E-state index contributed by atoms with van der Waals surface area (Å²) in [7, 11) is 0. The summed E-state index contributed by atoms with van der Waals surface area (Å²) in [5, 5.41) is 10.5. The number of amides is 2. The highest BCUT2D eigenvalue weighted by Crippen LogP contribution is 2.30. The number of nitrogens with zero attached hydrogens (tertiary/aromatic N) is 1. The third-order valence-electron chi connectivity index (χ3n) is 6.67. The number of nitrogens with two attached hydrogens (primary N) is 1. The molecule has 40 heavy (non-hydrogen) atoms. The van der Waals surface area contributed by atoms with E-state index < -0.39 is 5.91 Å². The number of carbonyl (C=O) groups is 2. The Kier molecular flexibility index (Phi) is 8.32. The van der Waals surface area contributed by atoms with Gasteiger partial charge < -0.3 is 21.7 Å². The molecule has 2 amide bonds. The molecule has 0 radical (unpaired) electrons. The zero-order valence-corrected chi connectivity index (χ0v) is 22.1. The van der Waals surface area contributed by atoms with Crippen molar-refractivity contribution < 1.29 is 9.59 Å². The molecule has 1 aromatic heterocycles. The molecule has 0 fully saturated rings. The maximum absolute atomic E-state index is 12.6. The first-order valence-electron chi connectivity index (χ1n) is 13.3. The second-order valence-corrected chi connectivity index (χ2v) is 9.46. The van der Waals surface area contributed by atoms with Crippen LogP contribution in [0.3, 0.4) is 0 Å². The lowest BCUT2D eigenvalue weighted by Gasteiger charge is -2.13. The summed E-state index contributed by atoms with van der Waals surface area (Å²) < 4.78 is 0. The molecule has 0 spiro atoms. The SMILES string of the molecule is NC(=O)c1cnc2ccccc2c1Nc1ccc(-c2ccc(C(=O)NCCCCNc3ccccc3)cc2)cc1. The molecular weight excluding hydrogens is 498 g/mol. The Morgan fingerprint density at radius 1 is 0.700 bits per heavy atom. The van der Waals surface area contributed by atoms with Crippen molar-refractivity contribution in [2.75, 3.05) is 23.7 Å². The van der Waals surface area contributed by atoms with E-state index in [1.54, 1.807) is 0 Å². The van der Waals surface area contributed by atoms with Crippen LogP contribution in [0.5, 0.6) is 0 Å². The van der Waals surface area contributed by atoms with Gasteiger partial charge in [0.1, 0.15) is 0 Å². The summed E-state index contributed by atoms with van der Waals surface area (Å²) in [5.41, 5.74) is 11.9. The van der Waals surface area contributed by atoms with Crippen LogP contribution in [0, 0.1) is 0 Å². The van der Waals surface area contributed by atoms with Crippen LogP contribution in [0.2, 0.25) is 0 Å². The van der Waals surface area contributed by atoms with Crippen molar-refractivity contribution >= 4 is 39.8 Å². The largest absolute Gasteiger partial charge is 0.385 e. The second-order valence-electron chi connectivity index (χ2n) is 9.46. The molecule has 7 heteroatoms. The second kappa shape index (κ2) is 12.6. The predicted molar refractivity (Wildman–Crippen MR) is 162 cm³/mol. The molecule has 0 bridgehead atoms. The minimum absolute atomic E-state index is 0.0723. The van der Waals surface area contributed by atoms with Gasteiger partial charge in [-0.05, 0) is 66.4 Å². The Bertz CT molecular complexity index is 1600. The number of hydrogen-bond acceptors (Lipinski definition) is 5. The number of aromatic nitrogens is 1. The van der Waals surface area contributed by atoms with E-state index in [0.29, 0.717) is 23.4 Å². The molecule has 0 aliphatic heterocycles. The molecule has 1 heterocycles. The molecule has 0 atom stereocenters. The number of para-hydroxylation sites is 2. The minimum Gasteiger partial charge on any atom is -0.385 e. The van der Waals surface area contributed by atoms with Crippen LogP contribution < -0.4 is 21.7 Å². The Labute approximate surface area is 233 Å². The molecule has 0 aliphatic rings. The molecule has 5 aromatic rings. The number of nitrogens with one attached hydrogen (secondary N) is 3. The smallest absolute Gasteiger partial charge is 0.252 e. The van der Waals surface area contributed by atoms with Gasteiger partial charge in [-0.2, -0.15) is 0 Å². The molecule has 0 saturated heterocycles. The Balaban J connectivity index is 1.16. The Morgan fingerprint density at radius 3 is 2.08 bits per heavy atom. The molecule has 0 aliphatic carbocycles. The van der Waals surface area contributed by atoms with E-state index in [0.717, 1.165) is 52.8 Å². The monoisotopic (exact) mass is 529 g/mol. The van der Waals surface area contributed by atoms with Crippen molar-refractivity contribution in [2.45, 2.75) is 12.8 Å². The lowest BCUT2D eigenvalue weighted by molar-refractivity contribution is 0.0951. The lowest BCUT2D eigenvalue weighted by atomic mass is 10.0. The summed E-state index contributed by atoms with van der Waals surface area (Å²) in [4.78, 5) is 28.9. The van der Waals surface area contributed by atoms with E-state index in [4.69, 9.17) is 5.73 Å². The van der Waals surface area contributed by atoms with Gasteiger partial charge >= 0.3 is 0 Å². The van der Waals surface area contributed by atoms with E-state index >= 15 is 0 Å². The van der Waals surface area contributed by atoms with E-state index in [-0.39, 0.29) is 5.91 Å². The van der Waals surface area contributed by atoms with Crippen molar-refractivity contribution in [1.29, 1.82) is 0 Å². The van der Waals surface area contributed by atoms with E-state index in [1.807, 2.05) is 103 Å². The van der Waals surface area contributed by atoms with Crippen LogP contribution in [0.15, 0.2) is 109 Å². The Morgan fingerprint density at radius 2 is 1.35 bits per heavy atom. The third kappa shape index (κ3) is 6.45. The number of pyridine rings is 1. The average molecular weight is 530 g/mol. The van der Waals surface area contributed by atoms with Gasteiger partial charge in [0.2, 0.25) is 0 Å². The van der Waals surface area contributed by atoms with Crippen molar-refractivity contribution in [2.24, 2.45) is 5.73 Å². The molecule has 5 N–H and O–H groups in total. The first-order chi connectivity index (χ1) is 19.6. The standard InChI is InChI=1S/C33H31N5O2/c34-32(39)29-22-37-30-11-5-4-10-28(30)31(29)38-27-18-16-24(17-19-27)23-12-14-25(15-13-23)33(40)36-21-7-6-20-35-26-8-2-1-3-9-26/h1-5,8-19,22,35H,6-7,20-21H2,(H2,34,39)(H,36,40)(H,37,38). The number of rotatable bonds is 11. The van der Waals surface area contributed by atoms with Gasteiger partial charge in [0.15, 0.2) is 0 Å². The van der Waals surface area contributed by atoms with Crippen LogP contribution in [-0.4, -0.2) is 29.9 Å². The summed E-state index contributed by atoms with van der Waals surface area (Å²) >= 11 is 0. The van der Waals surface area contributed by atoms with Crippen LogP contribution in [0.25, 0.3) is 22.0 Å². The van der Waals surface area contributed by atoms with E-state index in [1.165, 1.54) is 6.20 Å². The number of fused-ring (bicyclic) bond motifs is 1. The van der Waals surface area contributed by atoms with Gasteiger partial charge in [-0.1, -0.05) is 60.7 Å². The van der Waals surface area contributed by atoms with E-state index in [2.05, 4.69) is 20.9 Å². The van der Waals surface area contributed by atoms with Crippen molar-refractivity contribution in [3.05, 3.63) is 120 Å². The summed E-state index contributed by atoms with van der Waals surface area (Å²) in [6, 6.07) is 33.2. The molecule has 200 valence electrons. The zero-order valence-electron chi connectivity index (χ0n) is 22.1. The van der Waals surface area contributed by atoms with Gasteiger partial charge in [0.05, 0.1) is 16.8 Å². The summed E-state index contributed by atoms with van der Waals surface area (Å²) in [6.07, 6.45) is 3.38. The Hall–Kier alpha value is -5.17. The van der Waals surface area contributed by atoms with Crippen LogP contribution in [0.4, 0.5) is 17.1 Å². The number of unbranched alkanes of at least 4 members (excludes halogenated alkanes) is 1. The maximum atomic E-state index is 12.6. The van der Waals surface area contributed by atoms with Crippen LogP contribution >= 0.6 is 0 Å². The van der Waals surface area contributed by atoms with Crippen molar-refractivity contribution in [1.82, 2.24) is 10.3 Å².